The zero-order chi connectivity index (χ0) is 8.39. The second kappa shape index (κ2) is 3.26. The van der Waals surface area contributed by atoms with E-state index in [0.29, 0.717) is 5.89 Å². The van der Waals surface area contributed by atoms with Crippen LogP contribution in [0.2, 0.25) is 0 Å². The lowest BCUT2D eigenvalue weighted by Gasteiger charge is -1.93. The van der Waals surface area contributed by atoms with Gasteiger partial charge in [-0.1, -0.05) is 0 Å². The van der Waals surface area contributed by atoms with Crippen LogP contribution in [-0.4, -0.2) is 4.98 Å². The Morgan fingerprint density at radius 2 is 2.00 bits per heavy atom. The zero-order valence-corrected chi connectivity index (χ0v) is 8.28. The van der Waals surface area contributed by atoms with Gasteiger partial charge in [0.15, 0.2) is 0 Å². The standard InChI is InChI=1S/C9H5INO/c10-8-3-1-7(2-4-8)9-11-5-6-12-9/h1-4,6H. The lowest BCUT2D eigenvalue weighted by molar-refractivity contribution is 0.574. The second-order valence-corrected chi connectivity index (χ2v) is 3.53. The van der Waals surface area contributed by atoms with E-state index in [1.54, 1.807) is 0 Å². The van der Waals surface area contributed by atoms with Crippen LogP contribution in [0.3, 0.4) is 0 Å². The monoisotopic (exact) mass is 270 g/mol. The van der Waals surface area contributed by atoms with Crippen molar-refractivity contribution < 1.29 is 4.42 Å². The molecule has 1 aromatic carbocycles. The smallest absolute Gasteiger partial charge is 0.226 e. The lowest BCUT2D eigenvalue weighted by atomic mass is 10.2. The van der Waals surface area contributed by atoms with E-state index in [2.05, 4.69) is 33.8 Å². The summed E-state index contributed by atoms with van der Waals surface area (Å²) in [5.41, 5.74) is 0.983. The van der Waals surface area contributed by atoms with Gasteiger partial charge in [-0.15, -0.1) is 0 Å². The lowest BCUT2D eigenvalue weighted by Crippen LogP contribution is -1.76. The van der Waals surface area contributed by atoms with E-state index in [1.165, 1.54) is 9.83 Å². The average molecular weight is 270 g/mol. The average Bonchev–Trinajstić information content (AvgIpc) is 2.58. The first-order valence-corrected chi connectivity index (χ1v) is 4.51. The molecule has 0 aliphatic heterocycles. The maximum Gasteiger partial charge on any atom is 0.226 e. The van der Waals surface area contributed by atoms with Crippen molar-refractivity contribution in [3.8, 4) is 11.5 Å². The van der Waals surface area contributed by atoms with Crippen LogP contribution in [-0.2, 0) is 0 Å². The van der Waals surface area contributed by atoms with Gasteiger partial charge < -0.3 is 4.42 Å². The Labute approximate surface area is 83.8 Å². The van der Waals surface area contributed by atoms with Crippen LogP contribution in [0.5, 0.6) is 0 Å². The predicted octanol–water partition coefficient (Wildman–Crippen LogP) is 2.75. The number of nitrogens with zero attached hydrogens (tertiary/aromatic N) is 1. The highest BCUT2D eigenvalue weighted by Crippen LogP contribution is 2.17. The molecule has 0 aliphatic carbocycles. The minimum Gasteiger partial charge on any atom is -0.444 e. The molecule has 59 valence electrons. The van der Waals surface area contributed by atoms with Gasteiger partial charge >= 0.3 is 0 Å². The summed E-state index contributed by atoms with van der Waals surface area (Å²) in [7, 11) is 0. The molecule has 1 heterocycles. The molecular weight excluding hydrogens is 265 g/mol. The Bertz CT molecular complexity index is 353. The van der Waals surface area contributed by atoms with Gasteiger partial charge in [0.05, 0.1) is 0 Å². The third-order valence-corrected chi connectivity index (χ3v) is 2.20. The van der Waals surface area contributed by atoms with E-state index in [0.717, 1.165) is 5.56 Å². The summed E-state index contributed by atoms with van der Waals surface area (Å²) in [6, 6.07) is 7.98. The maximum absolute atomic E-state index is 5.09. The van der Waals surface area contributed by atoms with Crippen LogP contribution in [0.15, 0.2) is 34.9 Å². The second-order valence-electron chi connectivity index (χ2n) is 2.29. The third kappa shape index (κ3) is 1.50. The molecule has 0 aliphatic rings. The van der Waals surface area contributed by atoms with E-state index >= 15 is 0 Å². The highest BCUT2D eigenvalue weighted by Gasteiger charge is 2.00. The van der Waals surface area contributed by atoms with Gasteiger partial charge in [-0.25, -0.2) is 4.98 Å². The van der Waals surface area contributed by atoms with Crippen molar-refractivity contribution in [1.29, 1.82) is 0 Å². The number of benzene rings is 1. The van der Waals surface area contributed by atoms with Crippen LogP contribution < -0.4 is 0 Å². The van der Waals surface area contributed by atoms with Crippen molar-refractivity contribution in [3.05, 3.63) is 40.3 Å². The van der Waals surface area contributed by atoms with Crippen molar-refractivity contribution in [3.63, 3.8) is 0 Å². The summed E-state index contributed by atoms with van der Waals surface area (Å²) >= 11 is 2.26. The number of aromatic nitrogens is 1. The quantitative estimate of drug-likeness (QED) is 0.745. The summed E-state index contributed by atoms with van der Waals surface area (Å²) < 4.78 is 6.29. The first-order chi connectivity index (χ1) is 5.86. The number of hydrogen-bond donors (Lipinski definition) is 0. The molecule has 3 heteroatoms. The summed E-state index contributed by atoms with van der Waals surface area (Å²) in [6.45, 7) is 0. The molecule has 1 aromatic heterocycles. The molecule has 2 aromatic rings. The molecule has 0 atom stereocenters. The fourth-order valence-electron chi connectivity index (χ4n) is 0.919. The molecule has 1 radical (unpaired) electrons. The van der Waals surface area contributed by atoms with E-state index in [4.69, 9.17) is 4.42 Å². The molecule has 2 nitrogen and oxygen atoms in total. The van der Waals surface area contributed by atoms with Crippen molar-refractivity contribution in [2.75, 3.05) is 0 Å². The normalized spacial score (nSPS) is 10.1. The van der Waals surface area contributed by atoms with Crippen molar-refractivity contribution >= 4 is 22.6 Å². The number of hydrogen-bond acceptors (Lipinski definition) is 2. The van der Waals surface area contributed by atoms with Crippen LogP contribution in [0, 0.1) is 9.77 Å². The molecule has 0 bridgehead atoms. The van der Waals surface area contributed by atoms with E-state index in [-0.39, 0.29) is 0 Å². The highest BCUT2D eigenvalue weighted by atomic mass is 127. The van der Waals surface area contributed by atoms with E-state index in [9.17, 15) is 0 Å². The van der Waals surface area contributed by atoms with Crippen LogP contribution in [0.4, 0.5) is 0 Å². The molecule has 0 fully saturated rings. The third-order valence-electron chi connectivity index (χ3n) is 1.48. The molecular formula is C9H5INO. The van der Waals surface area contributed by atoms with Crippen LogP contribution in [0.25, 0.3) is 11.5 Å². The fraction of sp³-hybridized carbons (Fsp3) is 0. The van der Waals surface area contributed by atoms with Crippen molar-refractivity contribution in [2.24, 2.45) is 0 Å². The zero-order valence-electron chi connectivity index (χ0n) is 6.12. The Kier molecular flexibility index (Phi) is 2.12. The molecule has 2 rings (SSSR count). The Morgan fingerprint density at radius 1 is 1.25 bits per heavy atom. The van der Waals surface area contributed by atoms with Gasteiger partial charge in [0.1, 0.15) is 12.5 Å². The first-order valence-electron chi connectivity index (χ1n) is 3.44. The Morgan fingerprint density at radius 3 is 2.58 bits per heavy atom. The van der Waals surface area contributed by atoms with Crippen molar-refractivity contribution in [2.45, 2.75) is 0 Å². The summed E-state index contributed by atoms with van der Waals surface area (Å²) in [6.07, 6.45) is 4.08. The van der Waals surface area contributed by atoms with Gasteiger partial charge in [0, 0.05) is 9.13 Å². The van der Waals surface area contributed by atoms with E-state index in [1.807, 2.05) is 24.3 Å². The summed E-state index contributed by atoms with van der Waals surface area (Å²) in [5, 5.41) is 0. The molecule has 0 N–H and O–H groups in total. The van der Waals surface area contributed by atoms with Gasteiger partial charge in [-0.3, -0.25) is 0 Å². The Hall–Kier alpha value is -0.840. The fourth-order valence-corrected chi connectivity index (χ4v) is 1.28. The summed E-state index contributed by atoms with van der Waals surface area (Å²) in [4.78, 5) is 3.92. The molecule has 0 amide bonds. The number of oxazole rings is 1. The summed E-state index contributed by atoms with van der Waals surface area (Å²) in [5.74, 6) is 0.617. The van der Waals surface area contributed by atoms with Gasteiger partial charge in [-0.2, -0.15) is 0 Å². The van der Waals surface area contributed by atoms with Crippen molar-refractivity contribution in [1.82, 2.24) is 4.98 Å². The molecule has 0 saturated carbocycles. The molecule has 12 heavy (non-hydrogen) atoms. The minimum atomic E-state index is 0.617. The minimum absolute atomic E-state index is 0.617. The van der Waals surface area contributed by atoms with Crippen LogP contribution >= 0.6 is 22.6 Å². The first kappa shape index (κ1) is 7.79. The highest BCUT2D eigenvalue weighted by molar-refractivity contribution is 14.1. The topological polar surface area (TPSA) is 26.0 Å². The van der Waals surface area contributed by atoms with Gasteiger partial charge in [0.25, 0.3) is 0 Å². The van der Waals surface area contributed by atoms with E-state index < -0.39 is 0 Å². The molecule has 0 unspecified atom stereocenters. The predicted molar refractivity (Wildman–Crippen MR) is 53.5 cm³/mol. The van der Waals surface area contributed by atoms with Gasteiger partial charge in [0.2, 0.25) is 5.89 Å². The number of rotatable bonds is 1. The Balaban J connectivity index is 2.43. The maximum atomic E-state index is 5.09. The van der Waals surface area contributed by atoms with Gasteiger partial charge in [-0.05, 0) is 46.9 Å². The SMILES string of the molecule is Ic1ccc(-c2n[c]co2)cc1. The van der Waals surface area contributed by atoms with Crippen LogP contribution in [0.1, 0.15) is 0 Å². The molecule has 0 saturated heterocycles. The molecule has 0 spiro atoms. The number of halogens is 1. The largest absolute Gasteiger partial charge is 0.444 e.